The molecule has 0 saturated heterocycles. The summed E-state index contributed by atoms with van der Waals surface area (Å²) in [6.07, 6.45) is 2.97. The van der Waals surface area contributed by atoms with Gasteiger partial charge in [-0.1, -0.05) is 39.9 Å². The minimum absolute atomic E-state index is 0.406. The number of nitrogens with one attached hydrogen (secondary N) is 1. The van der Waals surface area contributed by atoms with Crippen molar-refractivity contribution < 1.29 is 0 Å². The summed E-state index contributed by atoms with van der Waals surface area (Å²) in [5, 5.41) is 12.0. The summed E-state index contributed by atoms with van der Waals surface area (Å²) in [4.78, 5) is 0.406. The van der Waals surface area contributed by atoms with Crippen molar-refractivity contribution in [2.45, 2.75) is 47.0 Å². The molecule has 1 heterocycles. The second kappa shape index (κ2) is 5.64. The van der Waals surface area contributed by atoms with Gasteiger partial charge in [-0.15, -0.1) is 5.10 Å². The van der Waals surface area contributed by atoms with Crippen LogP contribution in [0.5, 0.6) is 0 Å². The van der Waals surface area contributed by atoms with Crippen molar-refractivity contribution >= 4 is 23.0 Å². The van der Waals surface area contributed by atoms with Gasteiger partial charge in [0.2, 0.25) is 0 Å². The van der Waals surface area contributed by atoms with Gasteiger partial charge in [-0.05, 0) is 36.2 Å². The van der Waals surface area contributed by atoms with Crippen LogP contribution in [-0.2, 0) is 12.8 Å². The van der Waals surface area contributed by atoms with Gasteiger partial charge in [0.25, 0.3) is 0 Å². The van der Waals surface area contributed by atoms with Crippen LogP contribution in [0.3, 0.4) is 0 Å². The normalized spacial score (nSPS) is 19.7. The maximum absolute atomic E-state index is 5.91. The Bertz CT molecular complexity index is 525. The Morgan fingerprint density at radius 3 is 2.45 bits per heavy atom. The lowest BCUT2D eigenvalue weighted by Gasteiger charge is -2.15. The number of hydrogen-bond donors (Lipinski definition) is 2. The highest BCUT2D eigenvalue weighted by molar-refractivity contribution is 7.80. The van der Waals surface area contributed by atoms with Crippen LogP contribution in [0.1, 0.15) is 50.9 Å². The van der Waals surface area contributed by atoms with Crippen LogP contribution < -0.4 is 11.1 Å². The Labute approximate surface area is 126 Å². The van der Waals surface area contributed by atoms with E-state index in [1.165, 1.54) is 6.42 Å². The Morgan fingerprint density at radius 1 is 1.35 bits per heavy atom. The maximum Gasteiger partial charge on any atom is 0.159 e. The number of aryl methyl sites for hydroxylation is 1. The zero-order chi connectivity index (χ0) is 14.9. The van der Waals surface area contributed by atoms with Crippen molar-refractivity contribution in [3.8, 4) is 0 Å². The monoisotopic (exact) mass is 292 g/mol. The highest BCUT2D eigenvalue weighted by Gasteiger charge is 2.45. The molecule has 1 saturated carbocycles. The Morgan fingerprint density at radius 2 is 2.00 bits per heavy atom. The predicted octanol–water partition coefficient (Wildman–Crippen LogP) is 2.69. The molecule has 1 fully saturated rings. The van der Waals surface area contributed by atoms with Crippen LogP contribution >= 0.6 is 12.2 Å². The first kappa shape index (κ1) is 15.2. The molecule has 0 bridgehead atoms. The van der Waals surface area contributed by atoms with Crippen molar-refractivity contribution in [1.29, 1.82) is 0 Å². The van der Waals surface area contributed by atoms with Crippen LogP contribution in [0.15, 0.2) is 0 Å². The molecule has 0 spiro atoms. The molecule has 1 aromatic rings. The number of nitrogens with zero attached hydrogens (tertiary/aromatic N) is 2. The van der Waals surface area contributed by atoms with Crippen molar-refractivity contribution in [3.63, 3.8) is 0 Å². The SMILES string of the molecule is CCc1nnc(NCC2CC2(C)C)c(C(N)=S)c1CC. The smallest absolute Gasteiger partial charge is 0.159 e. The minimum atomic E-state index is 0.406. The zero-order valence-electron chi connectivity index (χ0n) is 12.8. The van der Waals surface area contributed by atoms with E-state index in [1.807, 2.05) is 0 Å². The first-order valence-corrected chi connectivity index (χ1v) is 7.73. The third-order valence-electron chi connectivity index (χ3n) is 4.33. The number of thiocarbonyl (C=S) groups is 1. The van der Waals surface area contributed by atoms with Crippen molar-refractivity contribution in [2.24, 2.45) is 17.1 Å². The molecular formula is C15H24N4S. The first-order chi connectivity index (χ1) is 9.40. The molecule has 20 heavy (non-hydrogen) atoms. The average molecular weight is 292 g/mol. The molecule has 0 amide bonds. The van der Waals surface area contributed by atoms with E-state index in [4.69, 9.17) is 18.0 Å². The molecule has 1 aliphatic rings. The van der Waals surface area contributed by atoms with Crippen LogP contribution in [0.4, 0.5) is 5.82 Å². The Balaban J connectivity index is 2.25. The highest BCUT2D eigenvalue weighted by atomic mass is 32.1. The number of aromatic nitrogens is 2. The predicted molar refractivity (Wildman–Crippen MR) is 87.1 cm³/mol. The average Bonchev–Trinajstić information content (AvgIpc) is 3.02. The van der Waals surface area contributed by atoms with Gasteiger partial charge in [-0.25, -0.2) is 0 Å². The summed E-state index contributed by atoms with van der Waals surface area (Å²) in [7, 11) is 0. The van der Waals surface area contributed by atoms with Gasteiger partial charge >= 0.3 is 0 Å². The van der Waals surface area contributed by atoms with Gasteiger partial charge in [-0.2, -0.15) is 5.10 Å². The van der Waals surface area contributed by atoms with E-state index in [-0.39, 0.29) is 0 Å². The molecule has 3 N–H and O–H groups in total. The van der Waals surface area contributed by atoms with Crippen LogP contribution in [0, 0.1) is 11.3 Å². The number of nitrogens with two attached hydrogens (primary N) is 1. The molecule has 1 aliphatic carbocycles. The van der Waals surface area contributed by atoms with Crippen LogP contribution in [0.2, 0.25) is 0 Å². The number of hydrogen-bond acceptors (Lipinski definition) is 4. The zero-order valence-corrected chi connectivity index (χ0v) is 13.6. The molecule has 2 rings (SSSR count). The fourth-order valence-electron chi connectivity index (χ4n) is 2.71. The quantitative estimate of drug-likeness (QED) is 0.789. The second-order valence-electron chi connectivity index (χ2n) is 6.19. The summed E-state index contributed by atoms with van der Waals surface area (Å²) in [6.45, 7) is 9.66. The summed E-state index contributed by atoms with van der Waals surface area (Å²) in [5.74, 6) is 1.44. The molecule has 110 valence electrons. The third-order valence-corrected chi connectivity index (χ3v) is 4.53. The summed E-state index contributed by atoms with van der Waals surface area (Å²) in [6, 6.07) is 0. The molecule has 4 nitrogen and oxygen atoms in total. The molecule has 0 radical (unpaired) electrons. The van der Waals surface area contributed by atoms with Gasteiger partial charge in [0.15, 0.2) is 5.82 Å². The number of anilines is 1. The number of rotatable bonds is 6. The summed E-state index contributed by atoms with van der Waals surface area (Å²) < 4.78 is 0. The lowest BCUT2D eigenvalue weighted by Crippen LogP contribution is -2.21. The Hall–Kier alpha value is -1.23. The van der Waals surface area contributed by atoms with Gasteiger partial charge < -0.3 is 11.1 Å². The molecule has 0 aromatic carbocycles. The van der Waals surface area contributed by atoms with Crippen LogP contribution in [-0.4, -0.2) is 21.7 Å². The van der Waals surface area contributed by atoms with E-state index in [9.17, 15) is 0 Å². The lowest BCUT2D eigenvalue weighted by atomic mass is 10.0. The van der Waals surface area contributed by atoms with Crippen LogP contribution in [0.25, 0.3) is 0 Å². The molecular weight excluding hydrogens is 268 g/mol. The van der Waals surface area contributed by atoms with E-state index in [2.05, 4.69) is 43.2 Å². The van der Waals surface area contributed by atoms with Gasteiger partial charge in [0.05, 0.1) is 11.3 Å². The van der Waals surface area contributed by atoms with E-state index in [0.717, 1.165) is 42.0 Å². The Kier molecular flexibility index (Phi) is 4.28. The van der Waals surface area contributed by atoms with Crippen molar-refractivity contribution in [2.75, 3.05) is 11.9 Å². The topological polar surface area (TPSA) is 63.8 Å². The van der Waals surface area contributed by atoms with Crippen molar-refractivity contribution in [1.82, 2.24) is 10.2 Å². The molecule has 1 aromatic heterocycles. The summed E-state index contributed by atoms with van der Waals surface area (Å²) in [5.41, 5.74) is 9.37. The molecule has 1 atom stereocenters. The van der Waals surface area contributed by atoms with E-state index < -0.39 is 0 Å². The first-order valence-electron chi connectivity index (χ1n) is 7.32. The lowest BCUT2D eigenvalue weighted by molar-refractivity contribution is 0.572. The van der Waals surface area contributed by atoms with E-state index in [0.29, 0.717) is 16.3 Å². The molecule has 1 unspecified atom stereocenters. The van der Waals surface area contributed by atoms with Gasteiger partial charge in [-0.3, -0.25) is 0 Å². The van der Waals surface area contributed by atoms with E-state index in [1.54, 1.807) is 0 Å². The highest BCUT2D eigenvalue weighted by Crippen LogP contribution is 2.51. The minimum Gasteiger partial charge on any atom is -0.389 e. The molecule has 5 heteroatoms. The third kappa shape index (κ3) is 2.92. The molecule has 0 aliphatic heterocycles. The van der Waals surface area contributed by atoms with E-state index >= 15 is 0 Å². The standard InChI is InChI=1S/C15H24N4S/c1-5-10-11(6-2)18-19-14(12(10)13(16)20)17-8-9-7-15(9,3)4/h9H,5-8H2,1-4H3,(H2,16,20)(H,17,19). The van der Waals surface area contributed by atoms with Crippen molar-refractivity contribution in [3.05, 3.63) is 16.8 Å². The fourth-order valence-corrected chi connectivity index (χ4v) is 2.93. The maximum atomic E-state index is 5.91. The van der Waals surface area contributed by atoms with Gasteiger partial charge in [0, 0.05) is 6.54 Å². The largest absolute Gasteiger partial charge is 0.389 e. The fraction of sp³-hybridized carbons (Fsp3) is 0.667. The second-order valence-corrected chi connectivity index (χ2v) is 6.63. The summed E-state index contributed by atoms with van der Waals surface area (Å²) >= 11 is 5.22. The van der Waals surface area contributed by atoms with Gasteiger partial charge in [0.1, 0.15) is 4.99 Å².